The Morgan fingerprint density at radius 3 is 2.84 bits per heavy atom. The zero-order valence-electron chi connectivity index (χ0n) is 17.9. The van der Waals surface area contributed by atoms with Gasteiger partial charge in [0.2, 0.25) is 0 Å². The van der Waals surface area contributed by atoms with Crippen LogP contribution in [0.15, 0.2) is 47.4 Å². The normalized spacial score (nSPS) is 14.6. The van der Waals surface area contributed by atoms with Crippen LogP contribution in [0.3, 0.4) is 0 Å². The molecule has 0 spiro atoms. The summed E-state index contributed by atoms with van der Waals surface area (Å²) in [6.45, 7) is 5.02. The molecule has 0 bridgehead atoms. The summed E-state index contributed by atoms with van der Waals surface area (Å²) >= 11 is 3.13. The number of hydrogen-bond acceptors (Lipinski definition) is 7. The Morgan fingerprint density at radius 1 is 1.26 bits per heavy atom. The number of carbonyl (C=O) groups excluding carboxylic acids is 1. The monoisotopic (exact) mass is 457 g/mol. The van der Waals surface area contributed by atoms with E-state index in [0.717, 1.165) is 70.8 Å². The predicted octanol–water partition coefficient (Wildman–Crippen LogP) is 4.40. The molecule has 1 aromatic heterocycles. The SMILES string of the molecule is COc1ccc2sc(N(CCCN3CCOCC3)C(=O)c3ccccc3SC)nc2c1. The van der Waals surface area contributed by atoms with Crippen LogP contribution < -0.4 is 9.64 Å². The van der Waals surface area contributed by atoms with E-state index >= 15 is 0 Å². The minimum Gasteiger partial charge on any atom is -0.497 e. The van der Waals surface area contributed by atoms with Crippen LogP contribution in [0.2, 0.25) is 0 Å². The third-order valence-corrected chi connectivity index (χ3v) is 7.21. The van der Waals surface area contributed by atoms with Crippen LogP contribution >= 0.6 is 23.1 Å². The van der Waals surface area contributed by atoms with Crippen molar-refractivity contribution >= 4 is 44.4 Å². The minimum absolute atomic E-state index is 0.00190. The predicted molar refractivity (Wildman–Crippen MR) is 128 cm³/mol. The maximum atomic E-state index is 13.6. The molecule has 1 amide bonds. The molecular weight excluding hydrogens is 430 g/mol. The Bertz CT molecular complexity index is 1030. The van der Waals surface area contributed by atoms with Crippen molar-refractivity contribution in [3.8, 4) is 5.75 Å². The Balaban J connectivity index is 1.60. The summed E-state index contributed by atoms with van der Waals surface area (Å²) in [5.74, 6) is 0.764. The van der Waals surface area contributed by atoms with E-state index in [1.54, 1.807) is 30.2 Å². The molecule has 2 aromatic carbocycles. The molecule has 1 aliphatic heterocycles. The number of thiazole rings is 1. The number of amides is 1. The zero-order chi connectivity index (χ0) is 21.6. The molecule has 1 saturated heterocycles. The number of morpholine rings is 1. The summed E-state index contributed by atoms with van der Waals surface area (Å²) in [4.78, 5) is 23.6. The van der Waals surface area contributed by atoms with Gasteiger partial charge in [0, 0.05) is 37.1 Å². The van der Waals surface area contributed by atoms with Gasteiger partial charge in [0.1, 0.15) is 5.75 Å². The molecule has 164 valence electrons. The number of benzene rings is 2. The molecule has 4 rings (SSSR count). The van der Waals surface area contributed by atoms with Crippen LogP contribution in [-0.4, -0.2) is 68.5 Å². The Morgan fingerprint density at radius 2 is 2.06 bits per heavy atom. The molecule has 2 heterocycles. The van der Waals surface area contributed by atoms with Crippen LogP contribution in [0.4, 0.5) is 5.13 Å². The van der Waals surface area contributed by atoms with Gasteiger partial charge in [-0.15, -0.1) is 11.8 Å². The minimum atomic E-state index is -0.00190. The molecule has 1 aliphatic rings. The molecule has 0 saturated carbocycles. The average Bonchev–Trinajstić information content (AvgIpc) is 3.25. The quantitative estimate of drug-likeness (QED) is 0.468. The summed E-state index contributed by atoms with van der Waals surface area (Å²) in [6, 6.07) is 13.6. The number of aromatic nitrogens is 1. The molecule has 0 aliphatic carbocycles. The van der Waals surface area contributed by atoms with Crippen molar-refractivity contribution in [1.82, 2.24) is 9.88 Å². The van der Waals surface area contributed by atoms with E-state index in [4.69, 9.17) is 14.5 Å². The van der Waals surface area contributed by atoms with Crippen molar-refractivity contribution in [1.29, 1.82) is 0 Å². The van der Waals surface area contributed by atoms with Crippen LogP contribution in [0.5, 0.6) is 5.75 Å². The Kier molecular flexibility index (Phi) is 7.45. The molecule has 8 heteroatoms. The maximum Gasteiger partial charge on any atom is 0.261 e. The molecule has 0 unspecified atom stereocenters. The first kappa shape index (κ1) is 22.1. The molecule has 0 N–H and O–H groups in total. The van der Waals surface area contributed by atoms with Gasteiger partial charge in [0.05, 0.1) is 36.1 Å². The van der Waals surface area contributed by atoms with Crippen molar-refractivity contribution in [2.75, 3.05) is 57.7 Å². The number of thioether (sulfide) groups is 1. The van der Waals surface area contributed by atoms with E-state index in [-0.39, 0.29) is 5.91 Å². The fourth-order valence-electron chi connectivity index (χ4n) is 3.67. The molecule has 3 aromatic rings. The van der Waals surface area contributed by atoms with Crippen molar-refractivity contribution in [2.24, 2.45) is 0 Å². The third kappa shape index (κ3) is 5.20. The number of carbonyl (C=O) groups is 1. The first-order chi connectivity index (χ1) is 15.2. The van der Waals surface area contributed by atoms with E-state index in [0.29, 0.717) is 6.54 Å². The standard InChI is InChI=1S/C23H27N3O3S2/c1-28-17-8-9-21-19(16-17)24-23(31-21)26(11-5-10-25-12-14-29-15-13-25)22(27)18-6-3-4-7-20(18)30-2/h3-4,6-9,16H,5,10-15H2,1-2H3. The summed E-state index contributed by atoms with van der Waals surface area (Å²) in [6.07, 6.45) is 2.88. The second kappa shape index (κ2) is 10.5. The van der Waals surface area contributed by atoms with Crippen molar-refractivity contribution in [3.63, 3.8) is 0 Å². The van der Waals surface area contributed by atoms with E-state index in [1.807, 2.05) is 53.6 Å². The Labute approximate surface area is 191 Å². The summed E-state index contributed by atoms with van der Waals surface area (Å²) in [7, 11) is 1.65. The highest BCUT2D eigenvalue weighted by Gasteiger charge is 2.23. The number of methoxy groups -OCH3 is 1. The van der Waals surface area contributed by atoms with Crippen molar-refractivity contribution in [3.05, 3.63) is 48.0 Å². The van der Waals surface area contributed by atoms with E-state index in [2.05, 4.69) is 4.90 Å². The van der Waals surface area contributed by atoms with E-state index < -0.39 is 0 Å². The lowest BCUT2D eigenvalue weighted by molar-refractivity contribution is 0.0376. The van der Waals surface area contributed by atoms with Gasteiger partial charge in [0.25, 0.3) is 5.91 Å². The van der Waals surface area contributed by atoms with Crippen LogP contribution in [0.25, 0.3) is 10.2 Å². The summed E-state index contributed by atoms with van der Waals surface area (Å²) in [5, 5.41) is 0.728. The zero-order valence-corrected chi connectivity index (χ0v) is 19.5. The van der Waals surface area contributed by atoms with Gasteiger partial charge in [-0.05, 0) is 36.9 Å². The average molecular weight is 458 g/mol. The highest BCUT2D eigenvalue weighted by molar-refractivity contribution is 7.98. The largest absolute Gasteiger partial charge is 0.497 e. The van der Waals surface area contributed by atoms with Crippen molar-refractivity contribution < 1.29 is 14.3 Å². The molecular formula is C23H27N3O3S2. The second-order valence-electron chi connectivity index (χ2n) is 7.29. The van der Waals surface area contributed by atoms with Crippen molar-refractivity contribution in [2.45, 2.75) is 11.3 Å². The van der Waals surface area contributed by atoms with Crippen LogP contribution in [-0.2, 0) is 4.74 Å². The highest BCUT2D eigenvalue weighted by atomic mass is 32.2. The second-order valence-corrected chi connectivity index (χ2v) is 9.15. The molecule has 31 heavy (non-hydrogen) atoms. The lowest BCUT2D eigenvalue weighted by atomic mass is 10.2. The van der Waals surface area contributed by atoms with Crippen LogP contribution in [0, 0.1) is 0 Å². The van der Waals surface area contributed by atoms with Gasteiger partial charge in [-0.2, -0.15) is 0 Å². The smallest absolute Gasteiger partial charge is 0.261 e. The number of ether oxygens (including phenoxy) is 2. The third-order valence-electron chi connectivity index (χ3n) is 5.36. The number of fused-ring (bicyclic) bond motifs is 1. The number of hydrogen-bond donors (Lipinski definition) is 0. The van der Waals surface area contributed by atoms with Crippen LogP contribution in [0.1, 0.15) is 16.8 Å². The maximum absolute atomic E-state index is 13.6. The van der Waals surface area contributed by atoms with Gasteiger partial charge in [-0.3, -0.25) is 14.6 Å². The van der Waals surface area contributed by atoms with Gasteiger partial charge < -0.3 is 9.47 Å². The van der Waals surface area contributed by atoms with E-state index in [1.165, 1.54) is 0 Å². The summed E-state index contributed by atoms with van der Waals surface area (Å²) in [5.41, 5.74) is 1.57. The molecule has 6 nitrogen and oxygen atoms in total. The first-order valence-electron chi connectivity index (χ1n) is 10.4. The number of nitrogens with zero attached hydrogens (tertiary/aromatic N) is 3. The molecule has 1 fully saturated rings. The lowest BCUT2D eigenvalue weighted by Gasteiger charge is -2.28. The lowest BCUT2D eigenvalue weighted by Crippen LogP contribution is -2.39. The number of anilines is 1. The summed E-state index contributed by atoms with van der Waals surface area (Å²) < 4.78 is 11.8. The number of rotatable bonds is 8. The van der Waals surface area contributed by atoms with E-state index in [9.17, 15) is 4.79 Å². The molecule has 0 radical (unpaired) electrons. The van der Waals surface area contributed by atoms with Gasteiger partial charge in [-0.25, -0.2) is 4.98 Å². The van der Waals surface area contributed by atoms with Gasteiger partial charge in [-0.1, -0.05) is 23.5 Å². The van der Waals surface area contributed by atoms with Gasteiger partial charge in [0.15, 0.2) is 5.13 Å². The first-order valence-corrected chi connectivity index (χ1v) is 12.4. The van der Waals surface area contributed by atoms with Gasteiger partial charge >= 0.3 is 0 Å². The topological polar surface area (TPSA) is 54.9 Å². The fraction of sp³-hybridized carbons (Fsp3) is 0.391. The Hall–Kier alpha value is -2.13. The highest BCUT2D eigenvalue weighted by Crippen LogP contribution is 2.33. The molecule has 0 atom stereocenters. The fourth-order valence-corrected chi connectivity index (χ4v) is 5.23.